The van der Waals surface area contributed by atoms with Crippen LogP contribution in [0.3, 0.4) is 0 Å². The van der Waals surface area contributed by atoms with E-state index in [9.17, 15) is 0 Å². The van der Waals surface area contributed by atoms with E-state index in [0.29, 0.717) is 0 Å². The SMILES string of the molecule is S=CC(NN1CCOCC1)=C1Nc2ncc(-c3ccccc3)cc21. The Morgan fingerprint density at radius 1 is 1.21 bits per heavy atom. The highest BCUT2D eigenvalue weighted by atomic mass is 32.1. The Kier molecular flexibility index (Phi) is 4.25. The summed E-state index contributed by atoms with van der Waals surface area (Å²) in [5.41, 5.74) is 8.63. The second kappa shape index (κ2) is 6.68. The second-order valence-corrected chi connectivity index (χ2v) is 5.96. The molecular weight excluding hydrogens is 320 g/mol. The van der Waals surface area contributed by atoms with E-state index in [-0.39, 0.29) is 0 Å². The van der Waals surface area contributed by atoms with Gasteiger partial charge in [-0.25, -0.2) is 9.99 Å². The van der Waals surface area contributed by atoms with Crippen molar-refractivity contribution < 1.29 is 4.74 Å². The normalized spacial score (nSPS) is 18.8. The van der Waals surface area contributed by atoms with Gasteiger partial charge in [-0.3, -0.25) is 0 Å². The monoisotopic (exact) mass is 338 g/mol. The highest BCUT2D eigenvalue weighted by Gasteiger charge is 2.25. The van der Waals surface area contributed by atoms with Gasteiger partial charge in [0.2, 0.25) is 0 Å². The summed E-state index contributed by atoms with van der Waals surface area (Å²) in [7, 11) is 0. The number of hydrogen-bond acceptors (Lipinski definition) is 6. The second-order valence-electron chi connectivity index (χ2n) is 5.73. The Morgan fingerprint density at radius 2 is 2.00 bits per heavy atom. The van der Waals surface area contributed by atoms with Gasteiger partial charge in [-0.1, -0.05) is 42.5 Å². The number of hydrogen-bond donors (Lipinski definition) is 2. The summed E-state index contributed by atoms with van der Waals surface area (Å²) >= 11 is 5.21. The summed E-state index contributed by atoms with van der Waals surface area (Å²) in [6.45, 7) is 3.15. The molecule has 0 saturated carbocycles. The lowest BCUT2D eigenvalue weighted by Crippen LogP contribution is -2.46. The topological polar surface area (TPSA) is 49.4 Å². The van der Waals surface area contributed by atoms with Crippen LogP contribution in [0.1, 0.15) is 5.56 Å². The number of nitrogens with one attached hydrogen (secondary N) is 2. The molecule has 0 radical (unpaired) electrons. The molecule has 0 atom stereocenters. The minimum Gasteiger partial charge on any atom is -0.379 e. The number of benzene rings is 1. The number of nitrogens with zero attached hydrogens (tertiary/aromatic N) is 2. The number of allylic oxidation sites excluding steroid dienone is 1. The van der Waals surface area contributed by atoms with Crippen molar-refractivity contribution in [2.24, 2.45) is 0 Å². The maximum absolute atomic E-state index is 5.38. The van der Waals surface area contributed by atoms with Crippen LogP contribution >= 0.6 is 12.2 Å². The molecular formula is C18H18N4OS. The molecule has 1 fully saturated rings. The van der Waals surface area contributed by atoms with Gasteiger partial charge < -0.3 is 15.5 Å². The van der Waals surface area contributed by atoms with Gasteiger partial charge in [0.1, 0.15) is 5.82 Å². The third kappa shape index (κ3) is 2.91. The van der Waals surface area contributed by atoms with Gasteiger partial charge in [-0.15, -0.1) is 0 Å². The van der Waals surface area contributed by atoms with E-state index < -0.39 is 0 Å². The quantitative estimate of drug-likeness (QED) is 0.660. The fraction of sp³-hybridized carbons (Fsp3) is 0.222. The van der Waals surface area contributed by atoms with Gasteiger partial charge in [0.25, 0.3) is 0 Å². The van der Waals surface area contributed by atoms with Crippen LogP contribution in [0.2, 0.25) is 0 Å². The molecule has 1 aromatic heterocycles. The molecule has 2 aliphatic heterocycles. The number of rotatable bonds is 4. The highest BCUT2D eigenvalue weighted by Crippen LogP contribution is 2.37. The number of pyridine rings is 1. The van der Waals surface area contributed by atoms with Crippen molar-refractivity contribution in [1.29, 1.82) is 0 Å². The van der Waals surface area contributed by atoms with Crippen LogP contribution < -0.4 is 10.7 Å². The molecule has 4 rings (SSSR count). The third-order valence-corrected chi connectivity index (χ3v) is 4.42. The minimum atomic E-state index is 0.733. The molecule has 1 aromatic carbocycles. The minimum absolute atomic E-state index is 0.733. The number of ether oxygens (including phenoxy) is 1. The van der Waals surface area contributed by atoms with Crippen molar-refractivity contribution in [3.63, 3.8) is 0 Å². The van der Waals surface area contributed by atoms with E-state index in [2.05, 4.69) is 38.9 Å². The summed E-state index contributed by atoms with van der Waals surface area (Å²) in [5.74, 6) is 0.891. The molecule has 0 amide bonds. The molecule has 2 aromatic rings. The van der Waals surface area contributed by atoms with Crippen molar-refractivity contribution in [2.75, 3.05) is 31.6 Å². The van der Waals surface area contributed by atoms with Crippen molar-refractivity contribution in [2.45, 2.75) is 0 Å². The molecule has 2 aliphatic rings. The largest absolute Gasteiger partial charge is 0.379 e. The molecule has 0 spiro atoms. The van der Waals surface area contributed by atoms with Crippen molar-refractivity contribution >= 4 is 29.1 Å². The molecule has 122 valence electrons. The zero-order valence-corrected chi connectivity index (χ0v) is 14.0. The predicted octanol–water partition coefficient (Wildman–Crippen LogP) is 2.68. The first-order valence-electron chi connectivity index (χ1n) is 7.97. The number of fused-ring (bicyclic) bond motifs is 1. The molecule has 3 heterocycles. The molecule has 0 unspecified atom stereocenters. The number of morpholine rings is 1. The van der Waals surface area contributed by atoms with E-state index in [1.165, 1.54) is 0 Å². The van der Waals surface area contributed by atoms with E-state index in [1.54, 1.807) is 5.37 Å². The zero-order chi connectivity index (χ0) is 16.4. The zero-order valence-electron chi connectivity index (χ0n) is 13.2. The Hall–Kier alpha value is -2.28. The smallest absolute Gasteiger partial charge is 0.139 e. The van der Waals surface area contributed by atoms with Crippen LogP contribution in [0.5, 0.6) is 0 Å². The van der Waals surface area contributed by atoms with Gasteiger partial charge in [-0.05, 0) is 11.6 Å². The fourth-order valence-corrected chi connectivity index (χ4v) is 3.04. The van der Waals surface area contributed by atoms with Crippen LogP contribution in [0, 0.1) is 0 Å². The van der Waals surface area contributed by atoms with Gasteiger partial charge >= 0.3 is 0 Å². The predicted molar refractivity (Wildman–Crippen MR) is 99.4 cm³/mol. The van der Waals surface area contributed by atoms with Crippen molar-refractivity contribution in [3.8, 4) is 11.1 Å². The lowest BCUT2D eigenvalue weighted by Gasteiger charge is -2.32. The lowest BCUT2D eigenvalue weighted by molar-refractivity contribution is 0.0200. The van der Waals surface area contributed by atoms with Crippen LogP contribution in [0.4, 0.5) is 5.82 Å². The van der Waals surface area contributed by atoms with Gasteiger partial charge in [0.15, 0.2) is 0 Å². The Bertz CT molecular complexity index is 785. The Labute approximate surface area is 146 Å². The van der Waals surface area contributed by atoms with E-state index >= 15 is 0 Å². The first-order chi connectivity index (χ1) is 11.8. The average molecular weight is 338 g/mol. The molecule has 5 nitrogen and oxygen atoms in total. The number of anilines is 1. The molecule has 24 heavy (non-hydrogen) atoms. The first kappa shape index (κ1) is 15.3. The van der Waals surface area contributed by atoms with Gasteiger partial charge in [0, 0.05) is 35.8 Å². The van der Waals surface area contributed by atoms with Crippen LogP contribution in [-0.4, -0.2) is 41.7 Å². The molecule has 1 saturated heterocycles. The number of hydrazine groups is 1. The van der Waals surface area contributed by atoms with Crippen LogP contribution in [0.25, 0.3) is 16.8 Å². The Balaban J connectivity index is 1.62. The van der Waals surface area contributed by atoms with Crippen molar-refractivity contribution in [3.05, 3.63) is 53.9 Å². The number of thiocarbonyl (C=S) groups is 1. The summed E-state index contributed by atoms with van der Waals surface area (Å²) in [4.78, 5) is 4.50. The standard InChI is InChI=1S/C18H18N4OS/c24-12-16(21-22-6-8-23-9-7-22)17-15-10-14(11-19-18(15)20-17)13-4-2-1-3-5-13/h1-5,10-12,21H,6-9H2,(H,19,20). The third-order valence-electron chi connectivity index (χ3n) is 4.18. The van der Waals surface area contributed by atoms with Crippen LogP contribution in [0.15, 0.2) is 48.3 Å². The summed E-state index contributed by atoms with van der Waals surface area (Å²) in [5, 5.41) is 7.10. The average Bonchev–Trinajstić information content (AvgIpc) is 2.63. The summed E-state index contributed by atoms with van der Waals surface area (Å²) in [6, 6.07) is 12.4. The lowest BCUT2D eigenvalue weighted by atomic mass is 9.99. The van der Waals surface area contributed by atoms with E-state index in [1.807, 2.05) is 24.4 Å². The summed E-state index contributed by atoms with van der Waals surface area (Å²) in [6.07, 6.45) is 1.89. The highest BCUT2D eigenvalue weighted by molar-refractivity contribution is 7.79. The summed E-state index contributed by atoms with van der Waals surface area (Å²) < 4.78 is 5.38. The fourth-order valence-electron chi connectivity index (χ4n) is 2.87. The van der Waals surface area contributed by atoms with E-state index in [4.69, 9.17) is 17.0 Å². The first-order valence-corrected chi connectivity index (χ1v) is 8.44. The maximum Gasteiger partial charge on any atom is 0.139 e. The molecule has 0 bridgehead atoms. The van der Waals surface area contributed by atoms with Crippen molar-refractivity contribution in [1.82, 2.24) is 15.4 Å². The van der Waals surface area contributed by atoms with Gasteiger partial charge in [0.05, 0.1) is 24.6 Å². The number of aromatic nitrogens is 1. The molecule has 6 heteroatoms. The molecule has 2 N–H and O–H groups in total. The van der Waals surface area contributed by atoms with Crippen LogP contribution in [-0.2, 0) is 4.74 Å². The Morgan fingerprint density at radius 3 is 2.75 bits per heavy atom. The van der Waals surface area contributed by atoms with Gasteiger partial charge in [-0.2, -0.15) is 0 Å². The van der Waals surface area contributed by atoms with E-state index in [0.717, 1.165) is 60.2 Å². The molecule has 0 aliphatic carbocycles. The maximum atomic E-state index is 5.38.